The smallest absolute Gasteiger partial charge is 0.410 e. The van der Waals surface area contributed by atoms with Crippen LogP contribution in [0.15, 0.2) is 22.7 Å². The monoisotopic (exact) mass is 359 g/mol. The quantitative estimate of drug-likeness (QED) is 0.668. The minimum atomic E-state index is -0.211. The third kappa shape index (κ3) is 4.67. The summed E-state index contributed by atoms with van der Waals surface area (Å²) in [5.74, 6) is 0. The molecule has 1 saturated carbocycles. The van der Waals surface area contributed by atoms with E-state index in [9.17, 15) is 4.79 Å². The second-order valence-electron chi connectivity index (χ2n) is 5.10. The number of benzene rings is 1. The van der Waals surface area contributed by atoms with Crippen molar-refractivity contribution < 1.29 is 9.53 Å². The highest BCUT2D eigenvalue weighted by Gasteiger charge is 2.33. The van der Waals surface area contributed by atoms with E-state index < -0.39 is 0 Å². The van der Waals surface area contributed by atoms with E-state index in [4.69, 9.17) is 16.3 Å². The lowest BCUT2D eigenvalue weighted by atomic mass is 10.2. The molecule has 0 aliphatic heterocycles. The molecule has 1 aliphatic rings. The van der Waals surface area contributed by atoms with Crippen molar-refractivity contribution in [2.24, 2.45) is 0 Å². The van der Waals surface area contributed by atoms with E-state index >= 15 is 0 Å². The van der Waals surface area contributed by atoms with Crippen molar-refractivity contribution >= 4 is 33.6 Å². The predicted octanol–water partition coefficient (Wildman–Crippen LogP) is 5.00. The first-order valence-corrected chi connectivity index (χ1v) is 8.15. The van der Waals surface area contributed by atoms with E-state index in [1.165, 1.54) is 0 Å². The van der Waals surface area contributed by atoms with Gasteiger partial charge in [-0.25, -0.2) is 4.79 Å². The first-order chi connectivity index (χ1) is 9.60. The van der Waals surface area contributed by atoms with Gasteiger partial charge in [0.15, 0.2) is 0 Å². The van der Waals surface area contributed by atoms with Gasteiger partial charge < -0.3 is 9.64 Å². The van der Waals surface area contributed by atoms with E-state index in [0.29, 0.717) is 24.2 Å². The molecule has 0 bridgehead atoms. The highest BCUT2D eigenvalue weighted by Crippen LogP contribution is 2.30. The Balaban J connectivity index is 2.00. The number of halogens is 2. The Morgan fingerprint density at radius 3 is 2.80 bits per heavy atom. The highest BCUT2D eigenvalue weighted by molar-refractivity contribution is 9.10. The van der Waals surface area contributed by atoms with Crippen LogP contribution in [-0.2, 0) is 11.3 Å². The number of amides is 1. The Morgan fingerprint density at radius 1 is 1.45 bits per heavy atom. The van der Waals surface area contributed by atoms with Gasteiger partial charge in [-0.3, -0.25) is 0 Å². The zero-order valence-corrected chi connectivity index (χ0v) is 13.9. The maximum Gasteiger partial charge on any atom is 0.410 e. The van der Waals surface area contributed by atoms with Crippen LogP contribution in [0.3, 0.4) is 0 Å². The van der Waals surface area contributed by atoms with Gasteiger partial charge in [0.2, 0.25) is 0 Å². The number of hydrogen-bond donors (Lipinski definition) is 0. The number of hydrogen-bond acceptors (Lipinski definition) is 2. The number of unbranched alkanes of at least 4 members (excludes halogenated alkanes) is 1. The van der Waals surface area contributed by atoms with Gasteiger partial charge in [-0.1, -0.05) is 40.9 Å². The summed E-state index contributed by atoms with van der Waals surface area (Å²) in [7, 11) is 0. The maximum absolute atomic E-state index is 12.1. The molecular formula is C15H19BrClNO2. The van der Waals surface area contributed by atoms with Crippen LogP contribution in [0.4, 0.5) is 4.79 Å². The molecule has 0 saturated heterocycles. The largest absolute Gasteiger partial charge is 0.449 e. The molecule has 3 nitrogen and oxygen atoms in total. The van der Waals surface area contributed by atoms with Gasteiger partial charge in [-0.15, -0.1) is 0 Å². The van der Waals surface area contributed by atoms with Crippen LogP contribution in [0.25, 0.3) is 0 Å². The van der Waals surface area contributed by atoms with E-state index in [0.717, 1.165) is 35.7 Å². The molecule has 1 fully saturated rings. The molecule has 0 unspecified atom stereocenters. The van der Waals surface area contributed by atoms with Crippen LogP contribution in [0.5, 0.6) is 0 Å². The first kappa shape index (κ1) is 15.6. The Kier molecular flexibility index (Phi) is 5.73. The average Bonchev–Trinajstić information content (AvgIpc) is 3.19. The van der Waals surface area contributed by atoms with Crippen molar-refractivity contribution in [2.45, 2.75) is 45.2 Å². The van der Waals surface area contributed by atoms with Crippen molar-refractivity contribution in [3.63, 3.8) is 0 Å². The Hall–Kier alpha value is -0.740. The molecule has 0 radical (unpaired) electrons. The SMILES string of the molecule is CCCCOC(=O)N(Cc1cc(Cl)cc(Br)c1)C1CC1. The summed E-state index contributed by atoms with van der Waals surface area (Å²) in [6, 6.07) is 6.04. The number of nitrogens with zero attached hydrogens (tertiary/aromatic N) is 1. The molecule has 1 amide bonds. The lowest BCUT2D eigenvalue weighted by molar-refractivity contribution is 0.0957. The molecule has 2 rings (SSSR count). The van der Waals surface area contributed by atoms with Crippen LogP contribution in [0, 0.1) is 0 Å². The van der Waals surface area contributed by atoms with Crippen molar-refractivity contribution in [1.82, 2.24) is 4.90 Å². The predicted molar refractivity (Wildman–Crippen MR) is 84.0 cm³/mol. The average molecular weight is 361 g/mol. The molecule has 1 aromatic carbocycles. The summed E-state index contributed by atoms with van der Waals surface area (Å²) in [6.07, 6.45) is 3.84. The van der Waals surface area contributed by atoms with E-state index in [2.05, 4.69) is 22.9 Å². The van der Waals surface area contributed by atoms with Crippen molar-refractivity contribution in [3.8, 4) is 0 Å². The lowest BCUT2D eigenvalue weighted by Crippen LogP contribution is -2.33. The third-order valence-electron chi connectivity index (χ3n) is 3.22. The van der Waals surface area contributed by atoms with Crippen molar-refractivity contribution in [1.29, 1.82) is 0 Å². The van der Waals surface area contributed by atoms with Gasteiger partial charge in [-0.2, -0.15) is 0 Å². The standard InChI is InChI=1S/C15H19BrClNO2/c1-2-3-6-20-15(19)18(14-4-5-14)10-11-7-12(16)9-13(17)8-11/h7-9,14H,2-6,10H2,1H3. The maximum atomic E-state index is 12.1. The molecule has 0 spiro atoms. The summed E-state index contributed by atoms with van der Waals surface area (Å²) in [5, 5.41) is 0.671. The summed E-state index contributed by atoms with van der Waals surface area (Å²) >= 11 is 9.47. The lowest BCUT2D eigenvalue weighted by Gasteiger charge is -2.22. The minimum absolute atomic E-state index is 0.211. The highest BCUT2D eigenvalue weighted by atomic mass is 79.9. The van der Waals surface area contributed by atoms with Crippen LogP contribution >= 0.6 is 27.5 Å². The van der Waals surface area contributed by atoms with Crippen LogP contribution in [-0.4, -0.2) is 23.6 Å². The second-order valence-corrected chi connectivity index (χ2v) is 6.46. The molecule has 0 heterocycles. The molecule has 110 valence electrons. The third-order valence-corrected chi connectivity index (χ3v) is 3.90. The minimum Gasteiger partial charge on any atom is -0.449 e. The van der Waals surface area contributed by atoms with Crippen LogP contribution < -0.4 is 0 Å². The number of carbonyl (C=O) groups is 1. The van der Waals surface area contributed by atoms with Gasteiger partial charge in [-0.05, 0) is 43.0 Å². The zero-order chi connectivity index (χ0) is 14.5. The molecule has 0 N–H and O–H groups in total. The van der Waals surface area contributed by atoms with Crippen LogP contribution in [0.2, 0.25) is 5.02 Å². The van der Waals surface area contributed by atoms with Gasteiger partial charge in [0.05, 0.1) is 6.61 Å². The summed E-state index contributed by atoms with van der Waals surface area (Å²) in [4.78, 5) is 13.9. The number of carbonyl (C=O) groups excluding carboxylic acids is 1. The molecule has 1 aliphatic carbocycles. The number of ether oxygens (including phenoxy) is 1. The molecule has 0 aromatic heterocycles. The van der Waals surface area contributed by atoms with Gasteiger partial charge in [0.1, 0.15) is 0 Å². The van der Waals surface area contributed by atoms with Crippen LogP contribution in [0.1, 0.15) is 38.2 Å². The van der Waals surface area contributed by atoms with E-state index in [-0.39, 0.29) is 6.09 Å². The van der Waals surface area contributed by atoms with Gasteiger partial charge in [0.25, 0.3) is 0 Å². The molecule has 0 atom stereocenters. The van der Waals surface area contributed by atoms with Crippen molar-refractivity contribution in [3.05, 3.63) is 33.3 Å². The normalized spacial score (nSPS) is 14.2. The fraction of sp³-hybridized carbons (Fsp3) is 0.533. The fourth-order valence-corrected chi connectivity index (χ4v) is 2.94. The van der Waals surface area contributed by atoms with E-state index in [1.807, 2.05) is 23.1 Å². The summed E-state index contributed by atoms with van der Waals surface area (Å²) in [6.45, 7) is 3.13. The molecule has 1 aromatic rings. The molecule has 5 heteroatoms. The fourth-order valence-electron chi connectivity index (χ4n) is 2.01. The van der Waals surface area contributed by atoms with Crippen molar-refractivity contribution in [2.75, 3.05) is 6.61 Å². The Morgan fingerprint density at radius 2 is 2.20 bits per heavy atom. The molecular weight excluding hydrogens is 342 g/mol. The Labute approximate surface area is 133 Å². The summed E-state index contributed by atoms with van der Waals surface area (Å²) in [5.41, 5.74) is 1.02. The summed E-state index contributed by atoms with van der Waals surface area (Å²) < 4.78 is 6.25. The van der Waals surface area contributed by atoms with Gasteiger partial charge in [0, 0.05) is 22.1 Å². The Bertz CT molecular complexity index is 457. The first-order valence-electron chi connectivity index (χ1n) is 6.98. The number of rotatable bonds is 6. The zero-order valence-electron chi connectivity index (χ0n) is 11.6. The van der Waals surface area contributed by atoms with E-state index in [1.54, 1.807) is 0 Å². The second kappa shape index (κ2) is 7.32. The topological polar surface area (TPSA) is 29.5 Å². The van der Waals surface area contributed by atoms with Gasteiger partial charge >= 0.3 is 6.09 Å². The molecule has 20 heavy (non-hydrogen) atoms.